The minimum Gasteiger partial charge on any atom is -0.490 e. The molecule has 4 atom stereocenters. The summed E-state index contributed by atoms with van der Waals surface area (Å²) in [5.41, 5.74) is 0.653. The van der Waals surface area contributed by atoms with Crippen LogP contribution in [0.5, 0.6) is 11.5 Å². The Morgan fingerprint density at radius 2 is 1.19 bits per heavy atom. The summed E-state index contributed by atoms with van der Waals surface area (Å²) in [6.45, 7) is 21.4. The minimum absolute atomic E-state index is 0.134. The molecule has 0 bridgehead atoms. The first-order valence-electron chi connectivity index (χ1n) is 17.8. The van der Waals surface area contributed by atoms with Crippen LogP contribution in [0.4, 0.5) is 0 Å². The van der Waals surface area contributed by atoms with Crippen LogP contribution >= 0.6 is 0 Å². The molecule has 0 N–H and O–H groups in total. The minimum atomic E-state index is -0.587. The number of rotatable bonds is 26. The lowest BCUT2D eigenvalue weighted by Crippen LogP contribution is -2.31. The quantitative estimate of drug-likeness (QED) is 0.0725. The Morgan fingerprint density at radius 1 is 0.667 bits per heavy atom. The lowest BCUT2D eigenvalue weighted by Gasteiger charge is -2.22. The molecule has 0 spiro atoms. The predicted molar refractivity (Wildman–Crippen MR) is 193 cm³/mol. The predicted octanol–water partition coefficient (Wildman–Crippen LogP) is 9.04. The van der Waals surface area contributed by atoms with Gasteiger partial charge >= 0.3 is 11.9 Å². The van der Waals surface area contributed by atoms with Gasteiger partial charge < -0.3 is 28.4 Å². The van der Waals surface area contributed by atoms with Crippen molar-refractivity contribution in [3.05, 3.63) is 60.7 Å². The van der Waals surface area contributed by atoms with Crippen LogP contribution < -0.4 is 9.47 Å². The van der Waals surface area contributed by atoms with Gasteiger partial charge in [0.05, 0.1) is 13.2 Å². The first-order chi connectivity index (χ1) is 23.1. The molecule has 0 saturated carbocycles. The van der Waals surface area contributed by atoms with Gasteiger partial charge in [-0.3, -0.25) is 0 Å². The van der Waals surface area contributed by atoms with E-state index in [0.717, 1.165) is 49.3 Å². The van der Waals surface area contributed by atoms with Gasteiger partial charge in [-0.25, -0.2) is 9.59 Å². The monoisotopic (exact) mass is 668 g/mol. The third-order valence-electron chi connectivity index (χ3n) is 8.32. The molecular weight excluding hydrogens is 608 g/mol. The second-order valence-corrected chi connectivity index (χ2v) is 12.8. The molecule has 0 heterocycles. The maximum atomic E-state index is 12.4. The van der Waals surface area contributed by atoms with E-state index in [9.17, 15) is 9.59 Å². The summed E-state index contributed by atoms with van der Waals surface area (Å²) >= 11 is 0. The fraction of sp³-hybridized carbons (Fsp3) is 0.600. The molecule has 0 fully saturated rings. The van der Waals surface area contributed by atoms with Crippen LogP contribution in [0.3, 0.4) is 0 Å². The van der Waals surface area contributed by atoms with Gasteiger partial charge in [-0.2, -0.15) is 0 Å². The Morgan fingerprint density at radius 3 is 1.67 bits per heavy atom. The van der Waals surface area contributed by atoms with Crippen LogP contribution in [0.25, 0.3) is 10.8 Å². The first-order valence-corrected chi connectivity index (χ1v) is 17.8. The fourth-order valence-corrected chi connectivity index (χ4v) is 5.08. The zero-order valence-electron chi connectivity index (χ0n) is 30.4. The molecule has 48 heavy (non-hydrogen) atoms. The Bertz CT molecular complexity index is 1270. The number of benzene rings is 2. The van der Waals surface area contributed by atoms with Gasteiger partial charge in [-0.15, -0.1) is 0 Å². The standard InChI is InChI=1S/C40H60O8/c1-9-13-16-31(11-3)23-43-25-35(47-39(41)29(5)6)27-45-34-20-21-37-33(22-34)18-15-19-38(37)46-28-36(48-40(42)30(7)8)26-44-24-32(12-4)17-14-10-2/h15,18-22,31-32,35-36H,5,7,9-14,16-17,23-28H2,1-4,6,8H3. The van der Waals surface area contributed by atoms with E-state index < -0.39 is 24.1 Å². The number of hydrogen-bond acceptors (Lipinski definition) is 8. The third kappa shape index (κ3) is 15.2. The van der Waals surface area contributed by atoms with E-state index in [0.29, 0.717) is 47.7 Å². The van der Waals surface area contributed by atoms with Crippen molar-refractivity contribution in [3.8, 4) is 11.5 Å². The van der Waals surface area contributed by atoms with E-state index in [4.69, 9.17) is 28.4 Å². The van der Waals surface area contributed by atoms with Gasteiger partial charge in [-0.05, 0) is 68.2 Å². The molecule has 0 aliphatic rings. The van der Waals surface area contributed by atoms with Crippen molar-refractivity contribution in [3.63, 3.8) is 0 Å². The topological polar surface area (TPSA) is 89.5 Å². The highest BCUT2D eigenvalue weighted by atomic mass is 16.6. The number of unbranched alkanes of at least 4 members (excludes halogenated alkanes) is 2. The number of ether oxygens (including phenoxy) is 6. The SMILES string of the molecule is C=C(C)C(=O)OC(COCC(CC)CCCC)COc1ccc2c(OCC(COCC(CC)CCCC)OC(=O)C(=C)C)cccc2c1. The highest BCUT2D eigenvalue weighted by molar-refractivity contribution is 5.89. The van der Waals surface area contributed by atoms with Crippen LogP contribution in [0.15, 0.2) is 60.7 Å². The highest BCUT2D eigenvalue weighted by Gasteiger charge is 2.20. The second kappa shape index (κ2) is 23.1. The van der Waals surface area contributed by atoms with E-state index in [2.05, 4.69) is 40.9 Å². The molecule has 268 valence electrons. The lowest BCUT2D eigenvalue weighted by atomic mass is 10.0. The molecule has 8 heteroatoms. The van der Waals surface area contributed by atoms with Crippen molar-refractivity contribution in [2.45, 2.75) is 105 Å². The van der Waals surface area contributed by atoms with Gasteiger partial charge in [0, 0.05) is 29.7 Å². The van der Waals surface area contributed by atoms with Crippen molar-refractivity contribution >= 4 is 22.7 Å². The molecule has 0 radical (unpaired) electrons. The van der Waals surface area contributed by atoms with E-state index in [1.165, 1.54) is 12.8 Å². The summed E-state index contributed by atoms with van der Waals surface area (Å²) in [7, 11) is 0. The van der Waals surface area contributed by atoms with Crippen molar-refractivity contribution in [2.75, 3.05) is 39.6 Å². The first kappa shape index (κ1) is 40.8. The van der Waals surface area contributed by atoms with E-state index in [1.54, 1.807) is 13.8 Å². The molecule has 0 aliphatic carbocycles. The molecular formula is C40H60O8. The number of hydrogen-bond donors (Lipinski definition) is 0. The smallest absolute Gasteiger partial charge is 0.333 e. The Balaban J connectivity index is 2.07. The van der Waals surface area contributed by atoms with Crippen molar-refractivity contribution in [2.24, 2.45) is 11.8 Å². The molecule has 2 aromatic rings. The summed E-state index contributed by atoms with van der Waals surface area (Å²) in [6, 6.07) is 11.5. The third-order valence-corrected chi connectivity index (χ3v) is 8.32. The Kier molecular flexibility index (Phi) is 19.6. The maximum absolute atomic E-state index is 12.4. The number of fused-ring (bicyclic) bond motifs is 1. The largest absolute Gasteiger partial charge is 0.490 e. The molecule has 2 aromatic carbocycles. The van der Waals surface area contributed by atoms with Crippen LogP contribution in [0, 0.1) is 11.8 Å². The van der Waals surface area contributed by atoms with Crippen molar-refractivity contribution in [1.29, 1.82) is 0 Å². The molecule has 8 nitrogen and oxygen atoms in total. The van der Waals surface area contributed by atoms with Crippen LogP contribution in [0.1, 0.15) is 92.9 Å². The van der Waals surface area contributed by atoms with E-state index in [-0.39, 0.29) is 26.4 Å². The molecule has 0 aromatic heterocycles. The normalized spacial score (nSPS) is 13.7. The zero-order chi connectivity index (χ0) is 35.3. The molecule has 0 amide bonds. The highest BCUT2D eigenvalue weighted by Crippen LogP contribution is 2.29. The van der Waals surface area contributed by atoms with Gasteiger partial charge in [-0.1, -0.05) is 91.5 Å². The van der Waals surface area contributed by atoms with Crippen LogP contribution in [-0.4, -0.2) is 63.8 Å². The summed E-state index contributed by atoms with van der Waals surface area (Å²) in [6.07, 6.45) is 7.81. The van der Waals surface area contributed by atoms with E-state index in [1.807, 2.05) is 36.4 Å². The van der Waals surface area contributed by atoms with Crippen molar-refractivity contribution < 1.29 is 38.0 Å². The lowest BCUT2D eigenvalue weighted by molar-refractivity contribution is -0.150. The Hall–Kier alpha value is -3.36. The molecule has 2 rings (SSSR count). The van der Waals surface area contributed by atoms with Crippen LogP contribution in [-0.2, 0) is 28.5 Å². The molecule has 0 aliphatic heterocycles. The summed E-state index contributed by atoms with van der Waals surface area (Å²) in [4.78, 5) is 24.7. The van der Waals surface area contributed by atoms with Crippen molar-refractivity contribution in [1.82, 2.24) is 0 Å². The van der Waals surface area contributed by atoms with Gasteiger partial charge in [0.1, 0.15) is 24.7 Å². The maximum Gasteiger partial charge on any atom is 0.333 e. The average molecular weight is 669 g/mol. The molecule has 4 unspecified atom stereocenters. The summed E-state index contributed by atoms with van der Waals surface area (Å²) in [5.74, 6) is 1.29. The number of carbonyl (C=O) groups excluding carboxylic acids is 2. The fourth-order valence-electron chi connectivity index (χ4n) is 5.08. The second-order valence-electron chi connectivity index (χ2n) is 12.8. The summed E-state index contributed by atoms with van der Waals surface area (Å²) in [5, 5.41) is 1.79. The average Bonchev–Trinajstić information content (AvgIpc) is 3.08. The zero-order valence-corrected chi connectivity index (χ0v) is 30.4. The number of carbonyl (C=O) groups is 2. The Labute approximate surface area is 289 Å². The van der Waals surface area contributed by atoms with Gasteiger partial charge in [0.25, 0.3) is 0 Å². The van der Waals surface area contributed by atoms with Gasteiger partial charge in [0.2, 0.25) is 0 Å². The molecule has 0 saturated heterocycles. The van der Waals surface area contributed by atoms with Gasteiger partial charge in [0.15, 0.2) is 12.2 Å². The van der Waals surface area contributed by atoms with E-state index >= 15 is 0 Å². The number of esters is 2. The van der Waals surface area contributed by atoms with Crippen LogP contribution in [0.2, 0.25) is 0 Å². The summed E-state index contributed by atoms with van der Waals surface area (Å²) < 4.78 is 35.6.